The number of aliphatic hydroxyl groups is 1. The van der Waals surface area contributed by atoms with Gasteiger partial charge < -0.3 is 5.11 Å². The highest BCUT2D eigenvalue weighted by Gasteiger charge is 2.67. The Kier molecular flexibility index (Phi) is 2.67. The standard InChI is InChI=1S/C14H20O5/c1-11(2)7-8-9(15)12(3,4)10(16)13(5,6)14(8,17)19-18-11/h7,17H,1-6H3/i9+1. The monoisotopic (exact) mass is 269 g/mol. The van der Waals surface area contributed by atoms with Gasteiger partial charge >= 0.3 is 0 Å². The first-order valence-electron chi connectivity index (χ1n) is 6.28. The van der Waals surface area contributed by atoms with Crippen LogP contribution >= 0.6 is 0 Å². The molecular weight excluding hydrogens is 249 g/mol. The van der Waals surface area contributed by atoms with E-state index in [9.17, 15) is 14.7 Å². The van der Waals surface area contributed by atoms with Gasteiger partial charge in [0.2, 0.25) is 5.79 Å². The van der Waals surface area contributed by atoms with Gasteiger partial charge in [-0.2, -0.15) is 4.89 Å². The maximum Gasteiger partial charge on any atom is 0.240 e. The molecule has 19 heavy (non-hydrogen) atoms. The highest BCUT2D eigenvalue weighted by molar-refractivity contribution is 6.19. The first kappa shape index (κ1) is 14.4. The fraction of sp³-hybridized carbons (Fsp3) is 0.714. The molecule has 1 aliphatic carbocycles. The molecule has 0 radical (unpaired) electrons. The fourth-order valence-electron chi connectivity index (χ4n) is 2.72. The molecule has 0 bridgehead atoms. The van der Waals surface area contributed by atoms with Gasteiger partial charge in [-0.25, -0.2) is 4.89 Å². The van der Waals surface area contributed by atoms with E-state index in [0.717, 1.165) is 0 Å². The quantitative estimate of drug-likeness (QED) is 0.410. The van der Waals surface area contributed by atoms with Crippen LogP contribution in [0.4, 0.5) is 0 Å². The molecule has 0 amide bonds. The summed E-state index contributed by atoms with van der Waals surface area (Å²) in [6.45, 7) is 9.68. The van der Waals surface area contributed by atoms with Gasteiger partial charge in [-0.15, -0.1) is 0 Å². The average molecular weight is 269 g/mol. The lowest BCUT2D eigenvalue weighted by Gasteiger charge is -2.51. The Hall–Kier alpha value is -1.04. The highest BCUT2D eigenvalue weighted by atomic mass is 17.2. The molecule has 2 aliphatic rings. The molecule has 0 aromatic heterocycles. The number of rotatable bonds is 0. The van der Waals surface area contributed by atoms with Crippen molar-refractivity contribution in [2.24, 2.45) is 10.8 Å². The maximum absolute atomic E-state index is 12.5. The molecule has 1 unspecified atom stereocenters. The number of hydrogen-bond acceptors (Lipinski definition) is 5. The van der Waals surface area contributed by atoms with Crippen LogP contribution in [-0.4, -0.2) is 28.1 Å². The van der Waals surface area contributed by atoms with Crippen molar-refractivity contribution in [2.45, 2.75) is 52.9 Å². The molecule has 1 saturated carbocycles. The molecule has 1 N–H and O–H groups in total. The number of hydrogen-bond donors (Lipinski definition) is 1. The van der Waals surface area contributed by atoms with E-state index in [1.807, 2.05) is 0 Å². The number of carbonyl (C=O) groups excluding carboxylic acids is 2. The van der Waals surface area contributed by atoms with E-state index in [2.05, 4.69) is 0 Å². The van der Waals surface area contributed by atoms with Crippen molar-refractivity contribution < 1.29 is 24.5 Å². The smallest absolute Gasteiger partial charge is 0.240 e. The van der Waals surface area contributed by atoms with Crippen LogP contribution < -0.4 is 0 Å². The normalized spacial score (nSPS) is 35.6. The van der Waals surface area contributed by atoms with Crippen LogP contribution in [0.3, 0.4) is 0 Å². The summed E-state index contributed by atoms with van der Waals surface area (Å²) in [5.41, 5.74) is -3.19. The van der Waals surface area contributed by atoms with Gasteiger partial charge in [0, 0.05) is 0 Å². The van der Waals surface area contributed by atoms with Gasteiger partial charge in [-0.3, -0.25) is 9.59 Å². The Bertz CT molecular complexity index is 498. The summed E-state index contributed by atoms with van der Waals surface area (Å²) in [4.78, 5) is 35.1. The predicted molar refractivity (Wildman–Crippen MR) is 66.9 cm³/mol. The number of Topliss-reactive ketones (excluding diaryl/α,β-unsaturated/α-hetero) is 2. The fourth-order valence-corrected chi connectivity index (χ4v) is 2.72. The molecule has 1 heterocycles. The molecule has 106 valence electrons. The summed E-state index contributed by atoms with van der Waals surface area (Å²) < 4.78 is 0. The van der Waals surface area contributed by atoms with E-state index in [-0.39, 0.29) is 11.4 Å². The number of carbonyl (C=O) groups is 2. The SMILES string of the molecule is CC1(C)C=C2[13C](=O)C(C)(C)C(=O)C(C)(C)C2(O)OO1. The van der Waals surface area contributed by atoms with Gasteiger partial charge in [0.25, 0.3) is 0 Å². The Morgan fingerprint density at radius 1 is 1.00 bits per heavy atom. The highest BCUT2D eigenvalue weighted by Crippen LogP contribution is 2.52. The predicted octanol–water partition coefficient (Wildman–Crippen LogP) is 1.55. The molecule has 1 fully saturated rings. The second-order valence-corrected chi connectivity index (χ2v) is 6.88. The van der Waals surface area contributed by atoms with Crippen LogP contribution in [-0.2, 0) is 19.4 Å². The summed E-state index contributed by atoms with van der Waals surface area (Å²) in [7, 11) is 0. The van der Waals surface area contributed by atoms with Crippen LogP contribution in [0, 0.1) is 10.8 Å². The average Bonchev–Trinajstić information content (AvgIpc) is 2.28. The summed E-state index contributed by atoms with van der Waals surface area (Å²) in [6.07, 6.45) is 1.54. The Morgan fingerprint density at radius 2 is 1.53 bits per heavy atom. The molecular formula is C14H20O5. The molecule has 5 nitrogen and oxygen atoms in total. The third kappa shape index (κ3) is 1.65. The topological polar surface area (TPSA) is 72.8 Å². The van der Waals surface area contributed by atoms with Gasteiger partial charge in [-0.1, -0.05) is 0 Å². The summed E-state index contributed by atoms with van der Waals surface area (Å²) in [5, 5.41) is 10.7. The molecule has 0 saturated heterocycles. The van der Waals surface area contributed by atoms with E-state index >= 15 is 0 Å². The van der Waals surface area contributed by atoms with Crippen LogP contribution in [0.25, 0.3) is 0 Å². The molecule has 0 aromatic rings. The van der Waals surface area contributed by atoms with Crippen LogP contribution in [0.15, 0.2) is 11.6 Å². The largest absolute Gasteiger partial charge is 0.359 e. The van der Waals surface area contributed by atoms with Crippen molar-refractivity contribution in [1.82, 2.24) is 0 Å². The van der Waals surface area contributed by atoms with Crippen LogP contribution in [0.5, 0.6) is 0 Å². The van der Waals surface area contributed by atoms with Gasteiger partial charge in [0.15, 0.2) is 11.6 Å². The lowest BCUT2D eigenvalue weighted by atomic mass is 9.64. The third-order valence-corrected chi connectivity index (χ3v) is 4.03. The number of ketones is 2. The zero-order valence-electron chi connectivity index (χ0n) is 12.2. The Labute approximate surface area is 112 Å². The summed E-state index contributed by atoms with van der Waals surface area (Å²) >= 11 is 0. The van der Waals surface area contributed by atoms with Crippen molar-refractivity contribution >= 4 is 11.6 Å². The molecule has 0 aromatic carbocycles. The van der Waals surface area contributed by atoms with E-state index in [4.69, 9.17) is 9.78 Å². The minimum absolute atomic E-state index is 0.0957. The Balaban J connectivity index is 2.71. The second-order valence-electron chi connectivity index (χ2n) is 6.88. The zero-order valence-corrected chi connectivity index (χ0v) is 12.2. The first-order valence-corrected chi connectivity index (χ1v) is 6.28. The molecule has 1 atom stereocenters. The zero-order chi connectivity index (χ0) is 14.9. The maximum atomic E-state index is 12.5. The Morgan fingerprint density at radius 3 is 2.05 bits per heavy atom. The lowest BCUT2D eigenvalue weighted by molar-refractivity contribution is -0.462. The van der Waals surface area contributed by atoms with Crippen LogP contribution in [0.1, 0.15) is 41.5 Å². The van der Waals surface area contributed by atoms with Gasteiger partial charge in [-0.05, 0) is 47.6 Å². The van der Waals surface area contributed by atoms with E-state index in [1.54, 1.807) is 41.5 Å². The van der Waals surface area contributed by atoms with Crippen molar-refractivity contribution in [1.29, 1.82) is 0 Å². The van der Waals surface area contributed by atoms with E-state index in [1.165, 1.54) is 6.08 Å². The van der Waals surface area contributed by atoms with Gasteiger partial charge in [0.1, 0.15) is 5.60 Å². The number of fused-ring (bicyclic) bond motifs is 1. The van der Waals surface area contributed by atoms with Crippen molar-refractivity contribution in [2.75, 3.05) is 0 Å². The van der Waals surface area contributed by atoms with Crippen molar-refractivity contribution in [3.63, 3.8) is 0 Å². The van der Waals surface area contributed by atoms with Crippen molar-refractivity contribution in [3.05, 3.63) is 11.6 Å². The second kappa shape index (κ2) is 3.53. The van der Waals surface area contributed by atoms with Crippen molar-refractivity contribution in [3.8, 4) is 0 Å². The summed E-state index contributed by atoms with van der Waals surface area (Å²) in [5.74, 6) is -2.82. The lowest BCUT2D eigenvalue weighted by Crippen LogP contribution is -2.66. The van der Waals surface area contributed by atoms with E-state index in [0.29, 0.717) is 0 Å². The summed E-state index contributed by atoms with van der Waals surface area (Å²) in [6, 6.07) is 0. The minimum atomic E-state index is -2.04. The minimum Gasteiger partial charge on any atom is -0.359 e. The molecule has 1 aliphatic heterocycles. The van der Waals surface area contributed by atoms with Gasteiger partial charge in [0.05, 0.1) is 16.4 Å². The van der Waals surface area contributed by atoms with E-state index < -0.39 is 28.0 Å². The first-order chi connectivity index (χ1) is 8.36. The third-order valence-electron chi connectivity index (χ3n) is 4.03. The molecule has 5 heteroatoms. The van der Waals surface area contributed by atoms with Crippen LogP contribution in [0.2, 0.25) is 0 Å². The molecule has 0 spiro atoms. The molecule has 2 rings (SSSR count).